The zero-order valence-electron chi connectivity index (χ0n) is 28.9. The smallest absolute Gasteiger partial charge is 0.142 e. The Bertz CT molecular complexity index is 1340. The lowest BCUT2D eigenvalue weighted by Gasteiger charge is -2.22. The molecule has 0 amide bonds. The molecular weight excluding hydrogens is 530 g/mol. The van der Waals surface area contributed by atoms with Crippen molar-refractivity contribution in [3.63, 3.8) is 0 Å². The van der Waals surface area contributed by atoms with Gasteiger partial charge in [-0.3, -0.25) is 9.98 Å². The predicted molar refractivity (Wildman–Crippen MR) is 195 cm³/mol. The van der Waals surface area contributed by atoms with Gasteiger partial charge in [0.1, 0.15) is 11.6 Å². The van der Waals surface area contributed by atoms with E-state index in [0.717, 1.165) is 51.3 Å². The molecule has 0 saturated heterocycles. The number of fused-ring (bicyclic) bond motifs is 1. The molecule has 0 radical (unpaired) electrons. The summed E-state index contributed by atoms with van der Waals surface area (Å²) in [7, 11) is 3.18. The van der Waals surface area contributed by atoms with E-state index in [0.29, 0.717) is 12.4 Å². The number of hydrogen-bond acceptors (Lipinski definition) is 6. The lowest BCUT2D eigenvalue weighted by Crippen LogP contribution is -2.13. The Hall–Kier alpha value is -3.90. The number of aliphatic imine (C=N–C) groups is 2. The highest BCUT2D eigenvalue weighted by Crippen LogP contribution is 2.34. The Morgan fingerprint density at radius 2 is 1.51 bits per heavy atom. The molecule has 3 rings (SSSR count). The molecular formula is C37H57N5O. The van der Waals surface area contributed by atoms with E-state index in [1.807, 2.05) is 60.7 Å². The number of ether oxygens (including phenoxy) is 1. The summed E-state index contributed by atoms with van der Waals surface area (Å²) in [5.74, 6) is 1.43. The number of nitrogens with one attached hydrogen (secondary N) is 2. The van der Waals surface area contributed by atoms with Gasteiger partial charge >= 0.3 is 0 Å². The summed E-state index contributed by atoms with van der Waals surface area (Å²) in [5, 5.41) is 9.13. The summed E-state index contributed by atoms with van der Waals surface area (Å²) in [6.45, 7) is 26.3. The molecule has 0 aromatic heterocycles. The zero-order valence-corrected chi connectivity index (χ0v) is 28.9. The van der Waals surface area contributed by atoms with Crippen LogP contribution in [0.25, 0.3) is 16.3 Å². The molecule has 0 bridgehead atoms. The summed E-state index contributed by atoms with van der Waals surface area (Å²) < 4.78 is 5.60. The molecule has 0 aliphatic carbocycles. The number of allylic oxidation sites excluding steroid dienone is 1. The second kappa shape index (κ2) is 20.9. The largest absolute Gasteiger partial charge is 0.495 e. The molecule has 6 nitrogen and oxygen atoms in total. The van der Waals surface area contributed by atoms with E-state index < -0.39 is 0 Å². The molecule has 0 saturated carbocycles. The second-order valence-corrected chi connectivity index (χ2v) is 10.2. The van der Waals surface area contributed by atoms with E-state index >= 15 is 0 Å². The standard InChI is InChI=1S/C32H40N4O.2C2H6.CH5N/c1-9-33-21-24(18-19-34-22(2)3)26-15-16-29(28-13-11-10-12-27(26)28)35-23(4)36-30-20-25(32(5,6)7)14-17-31(30)37-8;3*1-2/h10-18,20-21,35-36H,4,9,19H2,1-3,5-8H3;2*1-2H3;2H2,1H3/b24-18+,33-21?;;;. The number of hydrogen-bond donors (Lipinski definition) is 3. The minimum atomic E-state index is 0.0247. The van der Waals surface area contributed by atoms with Crippen LogP contribution in [0.15, 0.2) is 83.1 Å². The van der Waals surface area contributed by atoms with Crippen molar-refractivity contribution in [1.82, 2.24) is 0 Å². The molecule has 0 atom stereocenters. The van der Waals surface area contributed by atoms with E-state index in [1.54, 1.807) is 7.11 Å². The lowest BCUT2D eigenvalue weighted by molar-refractivity contribution is 0.416. The summed E-state index contributed by atoms with van der Waals surface area (Å²) in [5.41, 5.74) is 10.8. The highest BCUT2D eigenvalue weighted by Gasteiger charge is 2.16. The van der Waals surface area contributed by atoms with Gasteiger partial charge in [-0.25, -0.2) is 0 Å². The van der Waals surface area contributed by atoms with E-state index in [4.69, 9.17) is 4.74 Å². The fourth-order valence-electron chi connectivity index (χ4n) is 4.04. The van der Waals surface area contributed by atoms with Crippen LogP contribution in [-0.2, 0) is 5.41 Å². The van der Waals surface area contributed by atoms with Crippen LogP contribution >= 0.6 is 0 Å². The molecule has 236 valence electrons. The van der Waals surface area contributed by atoms with Gasteiger partial charge in [0.25, 0.3) is 0 Å². The molecule has 3 aromatic carbocycles. The van der Waals surface area contributed by atoms with Gasteiger partial charge in [0.2, 0.25) is 0 Å². The molecule has 43 heavy (non-hydrogen) atoms. The number of benzene rings is 3. The van der Waals surface area contributed by atoms with Crippen LogP contribution in [0.5, 0.6) is 5.75 Å². The molecule has 6 heteroatoms. The number of nitrogens with two attached hydrogens (primary N) is 1. The number of nitrogens with zero attached hydrogens (tertiary/aromatic N) is 2. The van der Waals surface area contributed by atoms with Crippen molar-refractivity contribution in [3.8, 4) is 5.75 Å². The minimum absolute atomic E-state index is 0.0247. The highest BCUT2D eigenvalue weighted by atomic mass is 16.5. The maximum atomic E-state index is 5.60. The highest BCUT2D eigenvalue weighted by molar-refractivity contribution is 6.16. The van der Waals surface area contributed by atoms with Crippen LogP contribution in [0.3, 0.4) is 0 Å². The molecule has 0 aliphatic rings. The van der Waals surface area contributed by atoms with Gasteiger partial charge in [-0.15, -0.1) is 0 Å². The second-order valence-electron chi connectivity index (χ2n) is 10.2. The normalized spacial score (nSPS) is 10.8. The maximum absolute atomic E-state index is 5.60. The summed E-state index contributed by atoms with van der Waals surface area (Å²) in [4.78, 5) is 9.06. The fourth-order valence-corrected chi connectivity index (χ4v) is 4.04. The third-order valence-electron chi connectivity index (χ3n) is 6.00. The quantitative estimate of drug-likeness (QED) is 0.206. The molecule has 0 fully saturated rings. The Balaban J connectivity index is 0.00000276. The van der Waals surface area contributed by atoms with E-state index in [2.05, 4.69) is 108 Å². The van der Waals surface area contributed by atoms with Crippen molar-refractivity contribution in [2.24, 2.45) is 15.7 Å². The average Bonchev–Trinajstić information content (AvgIpc) is 3.01. The van der Waals surface area contributed by atoms with Crippen molar-refractivity contribution < 1.29 is 4.74 Å². The first kappa shape index (κ1) is 39.1. The van der Waals surface area contributed by atoms with Gasteiger partial charge in [0.15, 0.2) is 0 Å². The molecule has 0 heterocycles. The van der Waals surface area contributed by atoms with E-state index in [-0.39, 0.29) is 5.41 Å². The first-order valence-electron chi connectivity index (χ1n) is 15.3. The number of anilines is 2. The Morgan fingerprint density at radius 1 is 0.907 bits per heavy atom. The Kier molecular flexibility index (Phi) is 19.0. The summed E-state index contributed by atoms with van der Waals surface area (Å²) in [6, 6.07) is 18.8. The number of methoxy groups -OCH3 is 1. The first-order chi connectivity index (χ1) is 20.6. The molecule has 0 spiro atoms. The van der Waals surface area contributed by atoms with Crippen molar-refractivity contribution in [2.75, 3.05) is 37.9 Å². The topological polar surface area (TPSA) is 84.0 Å². The van der Waals surface area contributed by atoms with Crippen LogP contribution in [-0.4, -0.2) is 39.2 Å². The third kappa shape index (κ3) is 12.5. The predicted octanol–water partition coefficient (Wildman–Crippen LogP) is 9.72. The molecule has 0 aliphatic heterocycles. The lowest BCUT2D eigenvalue weighted by atomic mass is 9.87. The van der Waals surface area contributed by atoms with Crippen LogP contribution in [0, 0.1) is 0 Å². The average molecular weight is 588 g/mol. The minimum Gasteiger partial charge on any atom is -0.495 e. The van der Waals surface area contributed by atoms with Gasteiger partial charge in [0, 0.05) is 29.5 Å². The first-order valence-corrected chi connectivity index (χ1v) is 15.3. The van der Waals surface area contributed by atoms with E-state index in [1.165, 1.54) is 12.6 Å². The van der Waals surface area contributed by atoms with E-state index in [9.17, 15) is 0 Å². The monoisotopic (exact) mass is 587 g/mol. The Morgan fingerprint density at radius 3 is 2.07 bits per heavy atom. The summed E-state index contributed by atoms with van der Waals surface area (Å²) >= 11 is 0. The zero-order chi connectivity index (χ0) is 33.0. The molecule has 3 aromatic rings. The molecule has 0 unspecified atom stereocenters. The van der Waals surface area contributed by atoms with Crippen LogP contribution in [0.1, 0.15) is 80.4 Å². The SMILES string of the molecule is C=C(Nc1cc(C(C)(C)C)ccc1OC)Nc1ccc(/C(C=NCC)=C/CN=C(C)C)c2ccccc12.CC.CC.CN. The van der Waals surface area contributed by atoms with Crippen molar-refractivity contribution in [3.05, 3.63) is 84.2 Å². The maximum Gasteiger partial charge on any atom is 0.142 e. The van der Waals surface area contributed by atoms with Gasteiger partial charge in [-0.05, 0) is 73.5 Å². The third-order valence-corrected chi connectivity index (χ3v) is 6.00. The number of rotatable bonds is 10. The van der Waals surface area contributed by atoms with Gasteiger partial charge in [-0.1, -0.05) is 97.5 Å². The van der Waals surface area contributed by atoms with Crippen LogP contribution < -0.4 is 21.1 Å². The van der Waals surface area contributed by atoms with Gasteiger partial charge < -0.3 is 21.1 Å². The summed E-state index contributed by atoms with van der Waals surface area (Å²) in [6.07, 6.45) is 4.08. The van der Waals surface area contributed by atoms with Crippen molar-refractivity contribution >= 4 is 39.6 Å². The fraction of sp³-hybridized carbons (Fsp3) is 0.405. The van der Waals surface area contributed by atoms with Gasteiger partial charge in [-0.2, -0.15) is 0 Å². The van der Waals surface area contributed by atoms with Crippen LogP contribution in [0.2, 0.25) is 0 Å². The Labute approximate surface area is 262 Å². The van der Waals surface area contributed by atoms with Crippen LogP contribution in [0.4, 0.5) is 11.4 Å². The molecule has 4 N–H and O–H groups in total. The van der Waals surface area contributed by atoms with Crippen molar-refractivity contribution in [1.29, 1.82) is 0 Å². The van der Waals surface area contributed by atoms with Crippen molar-refractivity contribution in [2.45, 2.75) is 74.7 Å². The van der Waals surface area contributed by atoms with Gasteiger partial charge in [0.05, 0.1) is 19.3 Å².